The van der Waals surface area contributed by atoms with Crippen LogP contribution >= 0.6 is 7.82 Å². The van der Waals surface area contributed by atoms with Crippen LogP contribution in [0.25, 0.3) is 0 Å². The van der Waals surface area contributed by atoms with E-state index in [-0.39, 0.29) is 25.8 Å². The quantitative estimate of drug-likeness (QED) is 0.0206. The summed E-state index contributed by atoms with van der Waals surface area (Å²) in [5.74, 6) is -0.354. The fourth-order valence-corrected chi connectivity index (χ4v) is 6.42. The molecule has 2 atom stereocenters. The van der Waals surface area contributed by atoms with Crippen LogP contribution in [0.5, 0.6) is 0 Å². The zero-order valence-electron chi connectivity index (χ0n) is 32.9. The van der Waals surface area contributed by atoms with Gasteiger partial charge in [-0.3, -0.25) is 9.36 Å². The van der Waals surface area contributed by atoms with Crippen molar-refractivity contribution in [3.05, 3.63) is 12.3 Å². The molecule has 0 aromatic carbocycles. The first kappa shape index (κ1) is 48.1. The van der Waals surface area contributed by atoms with Gasteiger partial charge in [0.15, 0.2) is 6.10 Å². The van der Waals surface area contributed by atoms with Crippen LogP contribution in [-0.4, -0.2) is 64.1 Å². The molecule has 0 radical (unpaired) electrons. The zero-order valence-corrected chi connectivity index (χ0v) is 33.8. The number of unbranched alkanes of at least 4 members (excludes halogenated alkanes) is 24. The summed E-state index contributed by atoms with van der Waals surface area (Å²) in [5, 5.41) is 0. The number of phosphoric acid groups is 1. The van der Waals surface area contributed by atoms with Gasteiger partial charge in [-0.2, -0.15) is 0 Å². The summed E-state index contributed by atoms with van der Waals surface area (Å²) < 4.78 is 34.2. The van der Waals surface area contributed by atoms with E-state index in [0.29, 0.717) is 17.4 Å². The summed E-state index contributed by atoms with van der Waals surface area (Å²) in [7, 11) is 1.33. The lowest BCUT2D eigenvalue weighted by Gasteiger charge is -2.28. The van der Waals surface area contributed by atoms with Crippen molar-refractivity contribution in [2.45, 2.75) is 193 Å². The normalized spacial score (nSPS) is 13.9. The van der Waals surface area contributed by atoms with Crippen LogP contribution in [0.2, 0.25) is 0 Å². The van der Waals surface area contributed by atoms with Crippen molar-refractivity contribution in [1.82, 2.24) is 0 Å². The molecule has 0 amide bonds. The topological polar surface area (TPSA) is 94.1 Å². The average molecular weight is 718 g/mol. The van der Waals surface area contributed by atoms with E-state index in [1.54, 1.807) is 6.26 Å². The van der Waals surface area contributed by atoms with Crippen LogP contribution in [0.4, 0.5) is 0 Å². The molecule has 0 fully saturated rings. The Morgan fingerprint density at radius 1 is 0.633 bits per heavy atom. The van der Waals surface area contributed by atoms with Gasteiger partial charge in [0.05, 0.1) is 34.0 Å². The van der Waals surface area contributed by atoms with Gasteiger partial charge in [-0.05, 0) is 25.3 Å². The number of ether oxygens (including phenoxy) is 2. The van der Waals surface area contributed by atoms with Gasteiger partial charge in [-0.15, -0.1) is 0 Å². The van der Waals surface area contributed by atoms with E-state index in [2.05, 4.69) is 13.8 Å². The summed E-state index contributed by atoms with van der Waals surface area (Å²) in [6.45, 7) is 4.75. The number of allylic oxidation sites excluding steroid dienone is 1. The predicted octanol–water partition coefficient (Wildman–Crippen LogP) is 11.2. The third-order valence-corrected chi connectivity index (χ3v) is 9.88. The van der Waals surface area contributed by atoms with Gasteiger partial charge in [-0.25, -0.2) is 0 Å². The maximum absolute atomic E-state index is 12.6. The standard InChI is InChI=1S/C40H80NO7P/c1-6-8-10-12-14-16-18-20-22-24-26-28-30-32-35-45-37-39(38-47-49(43,44)46-36-34-41(3,4)5)48-40(42)33-31-29-27-25-23-21-19-17-15-13-11-9-7-2/h32,35,39H,6-31,33-34,36-38H2,1-5H3/b35-32+. The van der Waals surface area contributed by atoms with Gasteiger partial charge in [0.25, 0.3) is 7.82 Å². The summed E-state index contributed by atoms with van der Waals surface area (Å²) in [4.78, 5) is 24.9. The van der Waals surface area contributed by atoms with Gasteiger partial charge in [0, 0.05) is 6.42 Å². The fourth-order valence-electron chi connectivity index (χ4n) is 5.69. The molecule has 49 heavy (non-hydrogen) atoms. The number of esters is 1. The highest BCUT2D eigenvalue weighted by Gasteiger charge is 2.20. The van der Waals surface area contributed by atoms with Crippen LogP contribution in [0, 0.1) is 0 Å². The van der Waals surface area contributed by atoms with Crippen molar-refractivity contribution < 1.29 is 37.3 Å². The number of hydrogen-bond donors (Lipinski definition) is 0. The molecule has 0 rings (SSSR count). The van der Waals surface area contributed by atoms with Crippen molar-refractivity contribution >= 4 is 13.8 Å². The number of phosphoric ester groups is 1. The van der Waals surface area contributed by atoms with Crippen LogP contribution in [-0.2, 0) is 27.9 Å². The molecule has 0 N–H and O–H groups in total. The summed E-state index contributed by atoms with van der Waals surface area (Å²) in [6.07, 6.45) is 35.9. The number of carbonyl (C=O) groups excluding carboxylic acids is 1. The van der Waals surface area contributed by atoms with Gasteiger partial charge in [-0.1, -0.05) is 162 Å². The van der Waals surface area contributed by atoms with E-state index in [9.17, 15) is 14.3 Å². The number of quaternary nitrogens is 1. The molecular formula is C40H80NO7P. The van der Waals surface area contributed by atoms with Crippen molar-refractivity contribution in [2.24, 2.45) is 0 Å². The highest BCUT2D eigenvalue weighted by Crippen LogP contribution is 2.38. The van der Waals surface area contributed by atoms with Crippen LogP contribution < -0.4 is 4.89 Å². The van der Waals surface area contributed by atoms with Gasteiger partial charge in [0.2, 0.25) is 0 Å². The molecule has 9 heteroatoms. The first-order valence-corrected chi connectivity index (χ1v) is 21.9. The lowest BCUT2D eigenvalue weighted by atomic mass is 10.0. The first-order valence-electron chi connectivity index (χ1n) is 20.5. The highest BCUT2D eigenvalue weighted by molar-refractivity contribution is 7.45. The second-order valence-corrected chi connectivity index (χ2v) is 16.5. The Balaban J connectivity index is 4.31. The SMILES string of the molecule is CCCCCCCCCCCCCC/C=C/OCC(COP(=O)([O-])OCC[N+](C)(C)C)OC(=O)CCCCCCCCCCCCCCC. The Kier molecular flexibility index (Phi) is 33.5. The van der Waals surface area contributed by atoms with Gasteiger partial charge in [0.1, 0.15) is 19.8 Å². The van der Waals surface area contributed by atoms with Crippen LogP contribution in [0.1, 0.15) is 187 Å². The summed E-state index contributed by atoms with van der Waals surface area (Å²) in [5.41, 5.74) is 0. The number of likely N-dealkylation sites (N-methyl/N-ethyl adjacent to an activating group) is 1. The maximum atomic E-state index is 12.6. The molecule has 0 spiro atoms. The van der Waals surface area contributed by atoms with Crippen molar-refractivity contribution in [2.75, 3.05) is 47.5 Å². The summed E-state index contributed by atoms with van der Waals surface area (Å²) >= 11 is 0. The molecule has 0 aliphatic heterocycles. The van der Waals surface area contributed by atoms with Gasteiger partial charge >= 0.3 is 5.97 Å². The molecule has 0 saturated carbocycles. The maximum Gasteiger partial charge on any atom is 0.306 e. The number of nitrogens with zero attached hydrogens (tertiary/aromatic N) is 1. The Bertz CT molecular complexity index is 802. The van der Waals surface area contributed by atoms with E-state index in [1.165, 1.54) is 135 Å². The Morgan fingerprint density at radius 3 is 1.51 bits per heavy atom. The molecule has 0 saturated heterocycles. The number of hydrogen-bond acceptors (Lipinski definition) is 7. The lowest BCUT2D eigenvalue weighted by Crippen LogP contribution is -2.37. The van der Waals surface area contributed by atoms with E-state index in [1.807, 2.05) is 27.2 Å². The Labute approximate surface area is 303 Å². The zero-order chi connectivity index (χ0) is 36.3. The Morgan fingerprint density at radius 2 is 1.06 bits per heavy atom. The molecule has 2 unspecified atom stereocenters. The van der Waals surface area contributed by atoms with Crippen molar-refractivity contribution in [1.29, 1.82) is 0 Å². The fraction of sp³-hybridized carbons (Fsp3) is 0.925. The average Bonchev–Trinajstić information content (AvgIpc) is 3.04. The molecule has 0 bridgehead atoms. The summed E-state index contributed by atoms with van der Waals surface area (Å²) in [6, 6.07) is 0. The minimum Gasteiger partial charge on any atom is -0.756 e. The largest absolute Gasteiger partial charge is 0.756 e. The van der Waals surface area contributed by atoms with E-state index < -0.39 is 13.9 Å². The highest BCUT2D eigenvalue weighted by atomic mass is 31.2. The second kappa shape index (κ2) is 34.2. The monoisotopic (exact) mass is 718 g/mol. The van der Waals surface area contributed by atoms with Crippen LogP contribution in [0.15, 0.2) is 12.3 Å². The molecule has 0 aromatic heterocycles. The molecule has 0 aromatic rings. The second-order valence-electron chi connectivity index (χ2n) is 15.1. The molecule has 0 aliphatic rings. The van der Waals surface area contributed by atoms with Gasteiger partial charge < -0.3 is 27.9 Å². The minimum absolute atomic E-state index is 0.0200. The van der Waals surface area contributed by atoms with Crippen LogP contribution in [0.3, 0.4) is 0 Å². The van der Waals surface area contributed by atoms with E-state index in [4.69, 9.17) is 18.5 Å². The minimum atomic E-state index is -4.53. The predicted molar refractivity (Wildman–Crippen MR) is 203 cm³/mol. The van der Waals surface area contributed by atoms with Crippen molar-refractivity contribution in [3.8, 4) is 0 Å². The first-order chi connectivity index (χ1) is 23.6. The molecule has 8 nitrogen and oxygen atoms in total. The lowest BCUT2D eigenvalue weighted by molar-refractivity contribution is -0.870. The van der Waals surface area contributed by atoms with E-state index >= 15 is 0 Å². The molecule has 0 heterocycles. The Hall–Kier alpha value is -0.920. The smallest absolute Gasteiger partial charge is 0.306 e. The van der Waals surface area contributed by atoms with Crippen molar-refractivity contribution in [3.63, 3.8) is 0 Å². The molecule has 0 aliphatic carbocycles. The third-order valence-electron chi connectivity index (χ3n) is 8.91. The molecule has 292 valence electrons. The number of carbonyl (C=O) groups is 1. The third kappa shape index (κ3) is 38.1. The number of rotatable bonds is 38. The van der Waals surface area contributed by atoms with E-state index in [0.717, 1.165) is 32.1 Å². The molecular weight excluding hydrogens is 637 g/mol.